The first-order chi connectivity index (χ1) is 8.58. The third-order valence-electron chi connectivity index (χ3n) is 3.28. The molecule has 1 atom stereocenters. The molecule has 0 radical (unpaired) electrons. The third kappa shape index (κ3) is 3.16. The molecule has 1 saturated heterocycles. The van der Waals surface area contributed by atoms with Crippen molar-refractivity contribution < 1.29 is 9.90 Å². The second-order valence-corrected chi connectivity index (χ2v) is 5.41. The lowest BCUT2D eigenvalue weighted by Crippen LogP contribution is -2.29. The van der Waals surface area contributed by atoms with Gasteiger partial charge < -0.3 is 10.0 Å². The molecule has 0 spiro atoms. The van der Waals surface area contributed by atoms with Gasteiger partial charge in [0.05, 0.1) is 5.92 Å². The van der Waals surface area contributed by atoms with E-state index in [-0.39, 0.29) is 0 Å². The number of likely N-dealkylation sites (tertiary alicyclic amines) is 1. The normalized spacial score (nSPS) is 17.9. The van der Waals surface area contributed by atoms with Crippen molar-refractivity contribution in [1.82, 2.24) is 4.90 Å². The average Bonchev–Trinajstić information content (AvgIpc) is 2.79. The van der Waals surface area contributed by atoms with Gasteiger partial charge in [0.2, 0.25) is 0 Å². The molecule has 18 heavy (non-hydrogen) atoms. The first-order valence-electron chi connectivity index (χ1n) is 5.98. The molecule has 1 fully saturated rings. The van der Waals surface area contributed by atoms with Gasteiger partial charge in [-0.2, -0.15) is 0 Å². The van der Waals surface area contributed by atoms with Crippen molar-refractivity contribution in [3.05, 3.63) is 33.8 Å². The van der Waals surface area contributed by atoms with Gasteiger partial charge in [0.25, 0.3) is 0 Å². The van der Waals surface area contributed by atoms with E-state index in [1.54, 1.807) is 18.2 Å². The van der Waals surface area contributed by atoms with Crippen LogP contribution in [0.5, 0.6) is 0 Å². The van der Waals surface area contributed by atoms with Crippen LogP contribution in [0.3, 0.4) is 0 Å². The Balaban J connectivity index is 2.20. The van der Waals surface area contributed by atoms with Crippen LogP contribution in [0.25, 0.3) is 0 Å². The molecule has 0 aromatic heterocycles. The molecule has 0 amide bonds. The van der Waals surface area contributed by atoms with Crippen LogP contribution in [0.15, 0.2) is 18.2 Å². The molecule has 1 N–H and O–H groups in total. The number of nitrogens with zero attached hydrogens (tertiary/aromatic N) is 1. The van der Waals surface area contributed by atoms with Gasteiger partial charge in [-0.25, -0.2) is 0 Å². The van der Waals surface area contributed by atoms with Crippen LogP contribution in [0, 0.1) is 0 Å². The fraction of sp³-hybridized carbons (Fsp3) is 0.462. The van der Waals surface area contributed by atoms with Crippen molar-refractivity contribution in [2.75, 3.05) is 19.6 Å². The molecule has 1 unspecified atom stereocenters. The zero-order valence-corrected chi connectivity index (χ0v) is 11.4. The smallest absolute Gasteiger partial charge is 0.312 e. The summed E-state index contributed by atoms with van der Waals surface area (Å²) in [7, 11) is 0. The molecule has 1 aromatic rings. The number of benzene rings is 1. The second-order valence-electron chi connectivity index (χ2n) is 4.56. The first-order valence-corrected chi connectivity index (χ1v) is 6.73. The van der Waals surface area contributed by atoms with Gasteiger partial charge in [-0.3, -0.25) is 4.79 Å². The number of carboxylic acids is 1. The number of aliphatic carboxylic acids is 1. The van der Waals surface area contributed by atoms with E-state index in [2.05, 4.69) is 4.90 Å². The largest absolute Gasteiger partial charge is 0.481 e. The van der Waals surface area contributed by atoms with E-state index >= 15 is 0 Å². The number of carboxylic acid groups (broad SMARTS) is 1. The summed E-state index contributed by atoms with van der Waals surface area (Å²) >= 11 is 11.9. The van der Waals surface area contributed by atoms with Gasteiger partial charge in [0.15, 0.2) is 0 Å². The summed E-state index contributed by atoms with van der Waals surface area (Å²) in [5.41, 5.74) is 0.639. The Morgan fingerprint density at radius 1 is 1.33 bits per heavy atom. The number of carbonyl (C=O) groups is 1. The highest BCUT2D eigenvalue weighted by Crippen LogP contribution is 2.29. The fourth-order valence-corrected chi connectivity index (χ4v) is 2.86. The van der Waals surface area contributed by atoms with Gasteiger partial charge in [0, 0.05) is 16.6 Å². The van der Waals surface area contributed by atoms with Crippen molar-refractivity contribution in [1.29, 1.82) is 0 Å². The molecule has 0 bridgehead atoms. The monoisotopic (exact) mass is 287 g/mol. The van der Waals surface area contributed by atoms with Crippen molar-refractivity contribution in [3.63, 3.8) is 0 Å². The standard InChI is InChI=1S/C13H15Cl2NO2/c14-9-3-4-10(12(15)7-9)11(13(17)18)8-16-5-1-2-6-16/h3-4,7,11H,1-2,5-6,8H2,(H,17,18). The molecule has 2 rings (SSSR count). The zero-order valence-electron chi connectivity index (χ0n) is 9.90. The summed E-state index contributed by atoms with van der Waals surface area (Å²) in [4.78, 5) is 13.6. The van der Waals surface area contributed by atoms with Crippen LogP contribution < -0.4 is 0 Å². The Bertz CT molecular complexity index is 445. The Kier molecular flexibility index (Phi) is 4.49. The van der Waals surface area contributed by atoms with E-state index < -0.39 is 11.9 Å². The van der Waals surface area contributed by atoms with Crippen LogP contribution in [-0.4, -0.2) is 35.6 Å². The summed E-state index contributed by atoms with van der Waals surface area (Å²) in [6, 6.07) is 4.99. The molecular weight excluding hydrogens is 273 g/mol. The Morgan fingerprint density at radius 3 is 2.56 bits per heavy atom. The molecule has 1 aromatic carbocycles. The van der Waals surface area contributed by atoms with Gasteiger partial charge in [-0.15, -0.1) is 0 Å². The minimum absolute atomic E-state index is 0.425. The lowest BCUT2D eigenvalue weighted by Gasteiger charge is -2.21. The second kappa shape index (κ2) is 5.91. The molecule has 1 aliphatic heterocycles. The number of hydrogen-bond donors (Lipinski definition) is 1. The molecule has 0 saturated carbocycles. The summed E-state index contributed by atoms with van der Waals surface area (Å²) < 4.78 is 0. The minimum Gasteiger partial charge on any atom is -0.481 e. The van der Waals surface area contributed by atoms with Crippen molar-refractivity contribution in [3.8, 4) is 0 Å². The summed E-state index contributed by atoms with van der Waals surface area (Å²) in [6.45, 7) is 2.45. The highest BCUT2D eigenvalue weighted by Gasteiger charge is 2.26. The minimum atomic E-state index is -0.842. The molecule has 0 aliphatic carbocycles. The van der Waals surface area contributed by atoms with Crippen molar-refractivity contribution >= 4 is 29.2 Å². The molecular formula is C13H15Cl2NO2. The number of rotatable bonds is 4. The maximum Gasteiger partial charge on any atom is 0.312 e. The Labute approximate surface area is 116 Å². The van der Waals surface area contributed by atoms with Crippen LogP contribution in [0.2, 0.25) is 10.0 Å². The SMILES string of the molecule is O=C(O)C(CN1CCCC1)c1ccc(Cl)cc1Cl. The van der Waals surface area contributed by atoms with E-state index in [1.165, 1.54) is 0 Å². The van der Waals surface area contributed by atoms with Crippen LogP contribution >= 0.6 is 23.2 Å². The molecule has 98 valence electrons. The van der Waals surface area contributed by atoms with Crippen molar-refractivity contribution in [2.45, 2.75) is 18.8 Å². The maximum atomic E-state index is 11.4. The van der Waals surface area contributed by atoms with E-state index in [1.807, 2.05) is 0 Å². The highest BCUT2D eigenvalue weighted by atomic mass is 35.5. The summed E-state index contributed by atoms with van der Waals surface area (Å²) in [5, 5.41) is 10.3. The van der Waals surface area contributed by atoms with Gasteiger partial charge >= 0.3 is 5.97 Å². The molecule has 1 aliphatic rings. The predicted octanol–water partition coefficient (Wildman–Crippen LogP) is 3.26. The van der Waals surface area contributed by atoms with Gasteiger partial charge in [-0.1, -0.05) is 29.3 Å². The summed E-state index contributed by atoms with van der Waals surface area (Å²) in [5.74, 6) is -1.43. The predicted molar refractivity (Wildman–Crippen MR) is 72.5 cm³/mol. The van der Waals surface area contributed by atoms with E-state index in [9.17, 15) is 9.90 Å². The lowest BCUT2D eigenvalue weighted by molar-refractivity contribution is -0.139. The van der Waals surface area contributed by atoms with Crippen LogP contribution in [0.4, 0.5) is 0 Å². The first kappa shape index (κ1) is 13.7. The molecule has 1 heterocycles. The van der Waals surface area contributed by atoms with Crippen LogP contribution in [0.1, 0.15) is 24.3 Å². The lowest BCUT2D eigenvalue weighted by atomic mass is 9.98. The average molecular weight is 288 g/mol. The van der Waals surface area contributed by atoms with Crippen molar-refractivity contribution in [2.24, 2.45) is 0 Å². The topological polar surface area (TPSA) is 40.5 Å². The Morgan fingerprint density at radius 2 is 2.00 bits per heavy atom. The highest BCUT2D eigenvalue weighted by molar-refractivity contribution is 6.35. The Hall–Kier alpha value is -0.770. The van der Waals surface area contributed by atoms with E-state index in [0.717, 1.165) is 25.9 Å². The maximum absolute atomic E-state index is 11.4. The van der Waals surface area contributed by atoms with Gasteiger partial charge in [-0.05, 0) is 43.6 Å². The summed E-state index contributed by atoms with van der Waals surface area (Å²) in [6.07, 6.45) is 2.28. The zero-order chi connectivity index (χ0) is 13.1. The quantitative estimate of drug-likeness (QED) is 0.924. The van der Waals surface area contributed by atoms with Gasteiger partial charge in [0.1, 0.15) is 0 Å². The number of hydrogen-bond acceptors (Lipinski definition) is 2. The fourth-order valence-electron chi connectivity index (χ4n) is 2.32. The van der Waals surface area contributed by atoms with E-state index in [4.69, 9.17) is 23.2 Å². The van der Waals surface area contributed by atoms with E-state index in [0.29, 0.717) is 22.2 Å². The molecule has 5 heteroatoms. The third-order valence-corrected chi connectivity index (χ3v) is 3.84. The molecule has 3 nitrogen and oxygen atoms in total. The number of halogens is 2. The van der Waals surface area contributed by atoms with Crippen LogP contribution in [-0.2, 0) is 4.79 Å².